The van der Waals surface area contributed by atoms with Gasteiger partial charge in [0.1, 0.15) is 6.61 Å². The first-order valence-electron chi connectivity index (χ1n) is 12.6. The van der Waals surface area contributed by atoms with Gasteiger partial charge in [-0.25, -0.2) is 4.79 Å². The summed E-state index contributed by atoms with van der Waals surface area (Å²) in [6, 6.07) is 16.6. The first-order valence-corrected chi connectivity index (χ1v) is 12.6. The zero-order valence-electron chi connectivity index (χ0n) is 19.8. The van der Waals surface area contributed by atoms with Crippen molar-refractivity contribution >= 4 is 18.0 Å². The highest BCUT2D eigenvalue weighted by Gasteiger charge is 2.36. The normalized spacial score (nSPS) is 20.9. The highest BCUT2D eigenvalue weighted by atomic mass is 16.5. The molecule has 0 radical (unpaired) electrons. The van der Waals surface area contributed by atoms with Crippen LogP contribution in [-0.2, 0) is 14.3 Å². The van der Waals surface area contributed by atoms with Gasteiger partial charge in [0.05, 0.1) is 0 Å². The van der Waals surface area contributed by atoms with E-state index >= 15 is 0 Å². The molecule has 0 atom stereocenters. The molecule has 5 rings (SSSR count). The summed E-state index contributed by atoms with van der Waals surface area (Å²) < 4.78 is 5.62. The van der Waals surface area contributed by atoms with Gasteiger partial charge in [0, 0.05) is 37.9 Å². The Balaban J connectivity index is 1.01. The molecule has 0 spiro atoms. The molecule has 1 saturated heterocycles. The van der Waals surface area contributed by atoms with Gasteiger partial charge in [0.25, 0.3) is 0 Å². The van der Waals surface area contributed by atoms with Crippen LogP contribution in [0.25, 0.3) is 11.1 Å². The number of ether oxygens (including phenoxy) is 1. The van der Waals surface area contributed by atoms with E-state index in [0.717, 1.165) is 32.4 Å². The number of hydrogen-bond acceptors (Lipinski definition) is 4. The van der Waals surface area contributed by atoms with Crippen LogP contribution in [0, 0.1) is 11.8 Å². The van der Waals surface area contributed by atoms with Gasteiger partial charge in [-0.2, -0.15) is 0 Å². The van der Waals surface area contributed by atoms with Crippen molar-refractivity contribution in [3.05, 3.63) is 59.7 Å². The van der Waals surface area contributed by atoms with E-state index < -0.39 is 12.1 Å². The maximum Gasteiger partial charge on any atom is 0.407 e. The molecular formula is C28H32N2O5. The highest BCUT2D eigenvalue weighted by molar-refractivity contribution is 5.79. The molecule has 0 aromatic heterocycles. The smallest absolute Gasteiger partial charge is 0.407 e. The summed E-state index contributed by atoms with van der Waals surface area (Å²) in [7, 11) is 0. The molecule has 35 heavy (non-hydrogen) atoms. The average Bonchev–Trinajstić information content (AvgIpc) is 3.11. The van der Waals surface area contributed by atoms with Crippen molar-refractivity contribution in [2.24, 2.45) is 11.8 Å². The van der Waals surface area contributed by atoms with Crippen molar-refractivity contribution in [1.82, 2.24) is 10.2 Å². The third-order valence-electron chi connectivity index (χ3n) is 7.68. The van der Waals surface area contributed by atoms with Crippen LogP contribution in [0.5, 0.6) is 0 Å². The van der Waals surface area contributed by atoms with E-state index in [1.54, 1.807) is 0 Å². The SMILES string of the molecule is O=C(O)CCCC1CN(C(=O)CC2CC(NC(=O)OCC3c4ccccc4-c4ccccc43)C2)C1. The number of rotatable bonds is 9. The summed E-state index contributed by atoms with van der Waals surface area (Å²) in [5, 5.41) is 11.7. The number of nitrogens with zero attached hydrogens (tertiary/aromatic N) is 1. The summed E-state index contributed by atoms with van der Waals surface area (Å²) in [6.45, 7) is 1.79. The molecule has 2 N–H and O–H groups in total. The van der Waals surface area contributed by atoms with E-state index in [0.29, 0.717) is 31.3 Å². The van der Waals surface area contributed by atoms with E-state index in [1.807, 2.05) is 29.2 Å². The fourth-order valence-corrected chi connectivity index (χ4v) is 5.70. The molecular weight excluding hydrogens is 444 g/mol. The van der Waals surface area contributed by atoms with Crippen LogP contribution >= 0.6 is 0 Å². The van der Waals surface area contributed by atoms with Gasteiger partial charge in [-0.1, -0.05) is 48.5 Å². The molecule has 2 aromatic rings. The van der Waals surface area contributed by atoms with Crippen LogP contribution in [0.2, 0.25) is 0 Å². The molecule has 1 heterocycles. The van der Waals surface area contributed by atoms with Crippen molar-refractivity contribution in [3.63, 3.8) is 0 Å². The van der Waals surface area contributed by atoms with Crippen molar-refractivity contribution in [2.45, 2.75) is 50.5 Å². The Hall–Kier alpha value is -3.35. The number of benzene rings is 2. The molecule has 1 aliphatic heterocycles. The van der Waals surface area contributed by atoms with Gasteiger partial charge in [0.2, 0.25) is 5.91 Å². The Morgan fingerprint density at radius 2 is 1.57 bits per heavy atom. The summed E-state index contributed by atoms with van der Waals surface area (Å²) in [5.41, 5.74) is 4.80. The fraction of sp³-hybridized carbons (Fsp3) is 0.464. The van der Waals surface area contributed by atoms with Gasteiger partial charge in [-0.15, -0.1) is 0 Å². The zero-order valence-corrected chi connectivity index (χ0v) is 19.8. The molecule has 2 aliphatic carbocycles. The number of nitrogens with one attached hydrogen (secondary N) is 1. The third-order valence-corrected chi connectivity index (χ3v) is 7.68. The van der Waals surface area contributed by atoms with Crippen LogP contribution < -0.4 is 5.32 Å². The number of carbonyl (C=O) groups is 3. The van der Waals surface area contributed by atoms with Gasteiger partial charge in [0.15, 0.2) is 0 Å². The number of amides is 2. The highest BCUT2D eigenvalue weighted by Crippen LogP contribution is 2.44. The lowest BCUT2D eigenvalue weighted by Crippen LogP contribution is -2.52. The summed E-state index contributed by atoms with van der Waals surface area (Å²) >= 11 is 0. The zero-order chi connectivity index (χ0) is 24.4. The minimum atomic E-state index is -0.761. The monoisotopic (exact) mass is 476 g/mol. The molecule has 1 saturated carbocycles. The van der Waals surface area contributed by atoms with Crippen molar-refractivity contribution in [1.29, 1.82) is 0 Å². The Bertz CT molecular complexity index is 1060. The van der Waals surface area contributed by atoms with Gasteiger partial charge in [-0.05, 0) is 59.8 Å². The number of aliphatic carboxylic acids is 1. The van der Waals surface area contributed by atoms with Gasteiger partial charge in [-0.3, -0.25) is 9.59 Å². The topological polar surface area (TPSA) is 95.9 Å². The Kier molecular flexibility index (Phi) is 6.75. The fourth-order valence-electron chi connectivity index (χ4n) is 5.70. The quantitative estimate of drug-likeness (QED) is 0.559. The Morgan fingerprint density at radius 1 is 0.943 bits per heavy atom. The second-order valence-electron chi connectivity index (χ2n) is 10.2. The number of hydrogen-bond donors (Lipinski definition) is 2. The summed E-state index contributed by atoms with van der Waals surface area (Å²) in [6.07, 6.45) is 3.46. The predicted octanol–water partition coefficient (Wildman–Crippen LogP) is 4.41. The van der Waals surface area contributed by atoms with E-state index in [1.165, 1.54) is 22.3 Å². The van der Waals surface area contributed by atoms with Crippen molar-refractivity contribution in [2.75, 3.05) is 19.7 Å². The Morgan fingerprint density at radius 3 is 2.20 bits per heavy atom. The van der Waals surface area contributed by atoms with Crippen LogP contribution in [-0.4, -0.2) is 53.7 Å². The average molecular weight is 477 g/mol. The second kappa shape index (κ2) is 10.1. The standard InChI is InChI=1S/C28H32N2O5/c31-26(30-15-18(16-30)6-5-11-27(32)33)14-19-12-20(13-19)29-28(34)35-17-25-23-9-3-1-7-21(23)22-8-2-4-10-24(22)25/h1-4,7-10,18-20,25H,5-6,11-17H2,(H,29,34)(H,32,33). The van der Waals surface area contributed by atoms with Crippen molar-refractivity contribution in [3.8, 4) is 11.1 Å². The van der Waals surface area contributed by atoms with Crippen LogP contribution in [0.15, 0.2) is 48.5 Å². The van der Waals surface area contributed by atoms with Gasteiger partial charge < -0.3 is 20.1 Å². The maximum absolute atomic E-state index is 12.5. The number of fused-ring (bicyclic) bond motifs is 3. The molecule has 2 amide bonds. The maximum atomic E-state index is 12.5. The van der Waals surface area contributed by atoms with E-state index in [2.05, 4.69) is 29.6 Å². The minimum absolute atomic E-state index is 0.0457. The number of likely N-dealkylation sites (tertiary alicyclic amines) is 1. The first-order chi connectivity index (χ1) is 17.0. The molecule has 0 unspecified atom stereocenters. The molecule has 7 nitrogen and oxygen atoms in total. The number of carboxylic acid groups (broad SMARTS) is 1. The minimum Gasteiger partial charge on any atom is -0.481 e. The second-order valence-corrected chi connectivity index (χ2v) is 10.2. The van der Waals surface area contributed by atoms with E-state index in [-0.39, 0.29) is 24.3 Å². The lowest BCUT2D eigenvalue weighted by molar-refractivity contribution is -0.140. The number of alkyl carbamates (subject to hydrolysis) is 1. The lowest BCUT2D eigenvalue weighted by Gasteiger charge is -2.42. The van der Waals surface area contributed by atoms with Crippen molar-refractivity contribution < 1.29 is 24.2 Å². The molecule has 7 heteroatoms. The third kappa shape index (κ3) is 5.19. The van der Waals surface area contributed by atoms with Crippen LogP contribution in [0.4, 0.5) is 4.79 Å². The summed E-state index contributed by atoms with van der Waals surface area (Å²) in [5.74, 6) is 0.187. The largest absolute Gasteiger partial charge is 0.481 e. The van der Waals surface area contributed by atoms with Crippen LogP contribution in [0.1, 0.15) is 55.6 Å². The van der Waals surface area contributed by atoms with Crippen LogP contribution in [0.3, 0.4) is 0 Å². The summed E-state index contributed by atoms with van der Waals surface area (Å²) in [4.78, 5) is 37.4. The lowest BCUT2D eigenvalue weighted by atomic mass is 9.77. The predicted molar refractivity (Wildman–Crippen MR) is 131 cm³/mol. The molecule has 184 valence electrons. The van der Waals surface area contributed by atoms with E-state index in [9.17, 15) is 14.4 Å². The van der Waals surface area contributed by atoms with Gasteiger partial charge >= 0.3 is 12.1 Å². The molecule has 3 aliphatic rings. The Labute approximate surface area is 205 Å². The molecule has 2 aromatic carbocycles. The number of carboxylic acids is 1. The first kappa shape index (κ1) is 23.4. The number of carbonyl (C=O) groups excluding carboxylic acids is 2. The molecule has 0 bridgehead atoms. The van der Waals surface area contributed by atoms with E-state index in [4.69, 9.17) is 9.84 Å². The molecule has 2 fully saturated rings.